The van der Waals surface area contributed by atoms with Crippen LogP contribution in [0.3, 0.4) is 0 Å². The molecule has 0 spiro atoms. The monoisotopic (exact) mass is 295 g/mol. The lowest BCUT2D eigenvalue weighted by Crippen LogP contribution is -2.31. The zero-order chi connectivity index (χ0) is 15.5. The van der Waals surface area contributed by atoms with E-state index in [0.29, 0.717) is 37.5 Å². The standard InChI is InChI=1S/C15H25N3O3/c1-14(2,3)13-17-12(21-18-13)6-4-5-11(20)16-9-15(10-19)7-8-15/h19H,4-10H2,1-3H3,(H,16,20). The molecule has 6 heteroatoms. The van der Waals surface area contributed by atoms with Crippen LogP contribution in [-0.4, -0.2) is 34.3 Å². The van der Waals surface area contributed by atoms with Crippen molar-refractivity contribution in [3.8, 4) is 0 Å². The van der Waals surface area contributed by atoms with E-state index < -0.39 is 0 Å². The van der Waals surface area contributed by atoms with Crippen molar-refractivity contribution in [3.05, 3.63) is 11.7 Å². The summed E-state index contributed by atoms with van der Waals surface area (Å²) in [5.74, 6) is 1.30. The Morgan fingerprint density at radius 2 is 2.14 bits per heavy atom. The predicted octanol–water partition coefficient (Wildman–Crippen LogP) is 1.58. The topological polar surface area (TPSA) is 88.2 Å². The van der Waals surface area contributed by atoms with Crippen LogP contribution in [0, 0.1) is 5.41 Å². The summed E-state index contributed by atoms with van der Waals surface area (Å²) in [6.07, 6.45) is 3.74. The SMILES string of the molecule is CC(C)(C)c1noc(CCCC(=O)NCC2(CO)CC2)n1. The summed E-state index contributed by atoms with van der Waals surface area (Å²) in [5.41, 5.74) is -0.161. The lowest BCUT2D eigenvalue weighted by atomic mass is 9.96. The number of amides is 1. The second kappa shape index (κ2) is 6.13. The van der Waals surface area contributed by atoms with Gasteiger partial charge in [-0.3, -0.25) is 4.79 Å². The highest BCUT2D eigenvalue weighted by Crippen LogP contribution is 2.44. The smallest absolute Gasteiger partial charge is 0.226 e. The molecule has 1 aromatic rings. The molecule has 1 amide bonds. The van der Waals surface area contributed by atoms with Gasteiger partial charge in [-0.1, -0.05) is 25.9 Å². The third-order valence-electron chi connectivity index (χ3n) is 3.89. The van der Waals surface area contributed by atoms with Crippen molar-refractivity contribution < 1.29 is 14.4 Å². The molecule has 21 heavy (non-hydrogen) atoms. The van der Waals surface area contributed by atoms with E-state index in [9.17, 15) is 9.90 Å². The largest absolute Gasteiger partial charge is 0.396 e. The highest BCUT2D eigenvalue weighted by atomic mass is 16.5. The normalized spacial score (nSPS) is 16.8. The molecule has 1 fully saturated rings. The molecule has 0 atom stereocenters. The Balaban J connectivity index is 1.67. The van der Waals surface area contributed by atoms with Gasteiger partial charge in [-0.2, -0.15) is 4.98 Å². The van der Waals surface area contributed by atoms with Gasteiger partial charge in [0.25, 0.3) is 0 Å². The Labute approximate surface area is 125 Å². The molecule has 0 bridgehead atoms. The second-order valence-corrected chi connectivity index (χ2v) is 7.05. The first-order valence-electron chi connectivity index (χ1n) is 7.55. The van der Waals surface area contributed by atoms with Crippen molar-refractivity contribution in [2.24, 2.45) is 5.41 Å². The molecule has 118 valence electrons. The van der Waals surface area contributed by atoms with E-state index in [-0.39, 0.29) is 23.3 Å². The lowest BCUT2D eigenvalue weighted by molar-refractivity contribution is -0.121. The van der Waals surface area contributed by atoms with Crippen molar-refractivity contribution in [3.63, 3.8) is 0 Å². The Morgan fingerprint density at radius 3 is 2.67 bits per heavy atom. The van der Waals surface area contributed by atoms with Gasteiger partial charge < -0.3 is 14.9 Å². The molecular formula is C15H25N3O3. The predicted molar refractivity (Wildman–Crippen MR) is 77.7 cm³/mol. The van der Waals surface area contributed by atoms with E-state index >= 15 is 0 Å². The molecule has 1 heterocycles. The van der Waals surface area contributed by atoms with Crippen LogP contribution < -0.4 is 5.32 Å². The van der Waals surface area contributed by atoms with Gasteiger partial charge in [0.15, 0.2) is 5.82 Å². The quantitative estimate of drug-likeness (QED) is 0.797. The Hall–Kier alpha value is -1.43. The van der Waals surface area contributed by atoms with Crippen LogP contribution in [0.25, 0.3) is 0 Å². The first kappa shape index (κ1) is 15.9. The van der Waals surface area contributed by atoms with E-state index in [4.69, 9.17) is 4.52 Å². The molecule has 2 rings (SSSR count). The number of nitrogens with zero attached hydrogens (tertiary/aromatic N) is 2. The number of aliphatic hydroxyl groups excluding tert-OH is 1. The van der Waals surface area contributed by atoms with Crippen LogP contribution in [0.4, 0.5) is 0 Å². The van der Waals surface area contributed by atoms with E-state index in [0.717, 1.165) is 12.8 Å². The van der Waals surface area contributed by atoms with Crippen molar-refractivity contribution in [1.29, 1.82) is 0 Å². The first-order valence-corrected chi connectivity index (χ1v) is 7.55. The third-order valence-corrected chi connectivity index (χ3v) is 3.89. The molecule has 0 aromatic carbocycles. The molecule has 0 saturated heterocycles. The maximum Gasteiger partial charge on any atom is 0.226 e. The number of rotatable bonds is 7. The molecule has 6 nitrogen and oxygen atoms in total. The highest BCUT2D eigenvalue weighted by Gasteiger charge is 2.41. The van der Waals surface area contributed by atoms with Crippen molar-refractivity contribution >= 4 is 5.91 Å². The number of carbonyl (C=O) groups excluding carboxylic acids is 1. The molecule has 0 aliphatic heterocycles. The summed E-state index contributed by atoms with van der Waals surface area (Å²) in [4.78, 5) is 16.1. The number of hydrogen-bond acceptors (Lipinski definition) is 5. The fourth-order valence-electron chi connectivity index (χ4n) is 2.00. The Bertz CT molecular complexity index is 487. The fourth-order valence-corrected chi connectivity index (χ4v) is 2.00. The number of aliphatic hydroxyl groups is 1. The lowest BCUT2D eigenvalue weighted by Gasteiger charge is -2.12. The van der Waals surface area contributed by atoms with Gasteiger partial charge >= 0.3 is 0 Å². The average molecular weight is 295 g/mol. The third kappa shape index (κ3) is 4.52. The Kier molecular flexibility index (Phi) is 4.66. The van der Waals surface area contributed by atoms with Gasteiger partial charge in [-0.05, 0) is 19.3 Å². The summed E-state index contributed by atoms with van der Waals surface area (Å²) in [6.45, 7) is 6.83. The van der Waals surface area contributed by atoms with Crippen LogP contribution in [-0.2, 0) is 16.6 Å². The average Bonchev–Trinajstić information content (AvgIpc) is 3.04. The van der Waals surface area contributed by atoms with Crippen LogP contribution in [0.2, 0.25) is 0 Å². The van der Waals surface area contributed by atoms with Crippen molar-refractivity contribution in [2.45, 2.75) is 58.3 Å². The number of aryl methyl sites for hydroxylation is 1. The molecule has 1 aliphatic carbocycles. The van der Waals surface area contributed by atoms with E-state index in [1.165, 1.54) is 0 Å². The van der Waals surface area contributed by atoms with E-state index in [2.05, 4.69) is 15.5 Å². The molecule has 1 aliphatic rings. The summed E-state index contributed by atoms with van der Waals surface area (Å²) >= 11 is 0. The van der Waals surface area contributed by atoms with Gasteiger partial charge in [0.1, 0.15) is 0 Å². The maximum atomic E-state index is 11.7. The van der Waals surface area contributed by atoms with Crippen LogP contribution in [0.1, 0.15) is 58.2 Å². The fraction of sp³-hybridized carbons (Fsp3) is 0.800. The zero-order valence-electron chi connectivity index (χ0n) is 13.1. The minimum absolute atomic E-state index is 0.0188. The molecule has 1 aromatic heterocycles. The van der Waals surface area contributed by atoms with Gasteiger partial charge in [0, 0.05) is 30.2 Å². The zero-order valence-corrected chi connectivity index (χ0v) is 13.1. The molecule has 0 unspecified atom stereocenters. The van der Waals surface area contributed by atoms with Crippen LogP contribution in [0.5, 0.6) is 0 Å². The van der Waals surface area contributed by atoms with Gasteiger partial charge in [0.05, 0.1) is 6.61 Å². The number of carbonyl (C=O) groups is 1. The number of nitrogens with one attached hydrogen (secondary N) is 1. The summed E-state index contributed by atoms with van der Waals surface area (Å²) in [6, 6.07) is 0. The van der Waals surface area contributed by atoms with Crippen molar-refractivity contribution in [1.82, 2.24) is 15.5 Å². The number of aromatic nitrogens is 2. The molecule has 2 N–H and O–H groups in total. The van der Waals surface area contributed by atoms with Crippen LogP contribution in [0.15, 0.2) is 4.52 Å². The molecule has 0 radical (unpaired) electrons. The van der Waals surface area contributed by atoms with Crippen molar-refractivity contribution in [2.75, 3.05) is 13.2 Å². The summed E-state index contributed by atoms with van der Waals surface area (Å²) in [5, 5.41) is 16.0. The van der Waals surface area contributed by atoms with Crippen LogP contribution >= 0.6 is 0 Å². The first-order chi connectivity index (χ1) is 9.85. The molecule has 1 saturated carbocycles. The highest BCUT2D eigenvalue weighted by molar-refractivity contribution is 5.75. The second-order valence-electron chi connectivity index (χ2n) is 7.05. The van der Waals surface area contributed by atoms with E-state index in [1.54, 1.807) is 0 Å². The molecular weight excluding hydrogens is 270 g/mol. The maximum absolute atomic E-state index is 11.7. The summed E-state index contributed by atoms with van der Waals surface area (Å²) < 4.78 is 5.19. The van der Waals surface area contributed by atoms with Gasteiger partial charge in [-0.15, -0.1) is 0 Å². The minimum Gasteiger partial charge on any atom is -0.396 e. The minimum atomic E-state index is -0.123. The summed E-state index contributed by atoms with van der Waals surface area (Å²) in [7, 11) is 0. The van der Waals surface area contributed by atoms with Gasteiger partial charge in [-0.25, -0.2) is 0 Å². The van der Waals surface area contributed by atoms with E-state index in [1.807, 2.05) is 20.8 Å². The van der Waals surface area contributed by atoms with Gasteiger partial charge in [0.2, 0.25) is 11.8 Å². The number of hydrogen-bond donors (Lipinski definition) is 2. The Morgan fingerprint density at radius 1 is 1.43 bits per heavy atom.